The van der Waals surface area contributed by atoms with Crippen molar-refractivity contribution in [1.82, 2.24) is 4.90 Å². The summed E-state index contributed by atoms with van der Waals surface area (Å²) in [6.45, 7) is 9.54. The Bertz CT molecular complexity index is 479. The highest BCUT2D eigenvalue weighted by atomic mass is 16.2. The summed E-state index contributed by atoms with van der Waals surface area (Å²) in [7, 11) is 0. The first-order valence-electron chi connectivity index (χ1n) is 7.40. The molecule has 20 heavy (non-hydrogen) atoms. The molecule has 110 valence electrons. The second-order valence-electron chi connectivity index (χ2n) is 5.55. The average Bonchev–Trinajstić information content (AvgIpc) is 2.48. The number of anilines is 1. The van der Waals surface area contributed by atoms with E-state index in [4.69, 9.17) is 5.73 Å². The van der Waals surface area contributed by atoms with Crippen LogP contribution in [0.2, 0.25) is 0 Å². The van der Waals surface area contributed by atoms with E-state index < -0.39 is 0 Å². The van der Waals surface area contributed by atoms with Gasteiger partial charge < -0.3 is 15.5 Å². The normalized spacial score (nSPS) is 17.2. The Kier molecular flexibility index (Phi) is 4.65. The Balaban J connectivity index is 2.01. The first-order chi connectivity index (χ1) is 9.54. The van der Waals surface area contributed by atoms with Crippen LogP contribution in [0.25, 0.3) is 0 Å². The minimum absolute atomic E-state index is 0.0908. The number of benzene rings is 1. The fourth-order valence-corrected chi connectivity index (χ4v) is 2.66. The van der Waals surface area contributed by atoms with Gasteiger partial charge in [0.2, 0.25) is 5.91 Å². The van der Waals surface area contributed by atoms with Crippen LogP contribution in [0.15, 0.2) is 18.2 Å². The van der Waals surface area contributed by atoms with Crippen molar-refractivity contribution in [1.29, 1.82) is 0 Å². The van der Waals surface area contributed by atoms with E-state index in [9.17, 15) is 4.79 Å². The number of rotatable bonds is 3. The van der Waals surface area contributed by atoms with Gasteiger partial charge in [0.15, 0.2) is 0 Å². The van der Waals surface area contributed by atoms with Crippen molar-refractivity contribution in [3.05, 3.63) is 29.3 Å². The number of nitrogens with zero attached hydrogens (tertiary/aromatic N) is 2. The van der Waals surface area contributed by atoms with Crippen molar-refractivity contribution < 1.29 is 4.79 Å². The molecule has 1 saturated heterocycles. The third-order valence-corrected chi connectivity index (χ3v) is 4.27. The highest BCUT2D eigenvalue weighted by Gasteiger charge is 2.24. The van der Waals surface area contributed by atoms with Gasteiger partial charge in [0.05, 0.1) is 6.04 Å². The number of amides is 1. The van der Waals surface area contributed by atoms with E-state index >= 15 is 0 Å². The van der Waals surface area contributed by atoms with Gasteiger partial charge in [-0.2, -0.15) is 0 Å². The minimum Gasteiger partial charge on any atom is -0.368 e. The van der Waals surface area contributed by atoms with Gasteiger partial charge in [-0.1, -0.05) is 19.1 Å². The highest BCUT2D eigenvalue weighted by Crippen LogP contribution is 2.23. The standard InChI is InChI=1S/C16H25N3O/c1-4-14(17)16(20)19-10-8-18(9-11-19)15-7-5-6-12(2)13(15)3/h5-7,14H,4,8-11,17H2,1-3H3/t14-/m1/s1. The number of aryl methyl sites for hydroxylation is 1. The molecule has 1 aliphatic heterocycles. The molecular weight excluding hydrogens is 250 g/mol. The smallest absolute Gasteiger partial charge is 0.239 e. The molecule has 1 fully saturated rings. The predicted octanol–water partition coefficient (Wildman–Crippen LogP) is 1.69. The summed E-state index contributed by atoms with van der Waals surface area (Å²) in [4.78, 5) is 16.3. The first kappa shape index (κ1) is 14.9. The lowest BCUT2D eigenvalue weighted by molar-refractivity contribution is -0.132. The molecule has 2 rings (SSSR count). The van der Waals surface area contributed by atoms with Crippen LogP contribution in [-0.4, -0.2) is 43.0 Å². The van der Waals surface area contributed by atoms with Crippen LogP contribution in [-0.2, 0) is 4.79 Å². The molecule has 1 aliphatic rings. The molecular formula is C16H25N3O. The zero-order chi connectivity index (χ0) is 14.7. The number of carbonyl (C=O) groups is 1. The van der Waals surface area contributed by atoms with Gasteiger partial charge in [-0.3, -0.25) is 4.79 Å². The van der Waals surface area contributed by atoms with Crippen molar-refractivity contribution in [3.63, 3.8) is 0 Å². The van der Waals surface area contributed by atoms with E-state index in [1.165, 1.54) is 16.8 Å². The second-order valence-corrected chi connectivity index (χ2v) is 5.55. The maximum absolute atomic E-state index is 12.1. The molecule has 1 aromatic carbocycles. The van der Waals surface area contributed by atoms with Crippen molar-refractivity contribution in [2.75, 3.05) is 31.1 Å². The molecule has 2 N–H and O–H groups in total. The lowest BCUT2D eigenvalue weighted by Crippen LogP contribution is -2.53. The van der Waals surface area contributed by atoms with Gasteiger partial charge in [0, 0.05) is 31.9 Å². The van der Waals surface area contributed by atoms with Gasteiger partial charge in [-0.15, -0.1) is 0 Å². The predicted molar refractivity (Wildman–Crippen MR) is 83.0 cm³/mol. The molecule has 0 saturated carbocycles. The third-order valence-electron chi connectivity index (χ3n) is 4.27. The second kappa shape index (κ2) is 6.27. The van der Waals surface area contributed by atoms with E-state index in [0.29, 0.717) is 6.42 Å². The van der Waals surface area contributed by atoms with Gasteiger partial charge in [-0.25, -0.2) is 0 Å². The fourth-order valence-electron chi connectivity index (χ4n) is 2.66. The van der Waals surface area contributed by atoms with Crippen LogP contribution < -0.4 is 10.6 Å². The lowest BCUT2D eigenvalue weighted by Gasteiger charge is -2.37. The Morgan fingerprint density at radius 1 is 1.25 bits per heavy atom. The summed E-state index contributed by atoms with van der Waals surface area (Å²) in [6, 6.07) is 6.06. The molecule has 4 heteroatoms. The number of nitrogens with two attached hydrogens (primary N) is 1. The zero-order valence-electron chi connectivity index (χ0n) is 12.7. The largest absolute Gasteiger partial charge is 0.368 e. The number of piperazine rings is 1. The van der Waals surface area contributed by atoms with Gasteiger partial charge in [0.1, 0.15) is 0 Å². The molecule has 0 radical (unpaired) electrons. The molecule has 0 aromatic heterocycles. The van der Waals surface area contributed by atoms with E-state index in [2.05, 4.69) is 36.9 Å². The van der Waals surface area contributed by atoms with Crippen LogP contribution in [0, 0.1) is 13.8 Å². The van der Waals surface area contributed by atoms with E-state index in [1.54, 1.807) is 0 Å². The molecule has 0 bridgehead atoms. The van der Waals surface area contributed by atoms with Gasteiger partial charge in [0.25, 0.3) is 0 Å². The summed E-state index contributed by atoms with van der Waals surface area (Å²) in [5.41, 5.74) is 9.77. The van der Waals surface area contributed by atoms with E-state index in [1.807, 2.05) is 11.8 Å². The molecule has 0 spiro atoms. The lowest BCUT2D eigenvalue weighted by atomic mass is 10.1. The number of hydrogen-bond donors (Lipinski definition) is 1. The van der Waals surface area contributed by atoms with Crippen LogP contribution in [0.3, 0.4) is 0 Å². The number of carbonyl (C=O) groups excluding carboxylic acids is 1. The first-order valence-corrected chi connectivity index (χ1v) is 7.40. The number of hydrogen-bond acceptors (Lipinski definition) is 3. The average molecular weight is 275 g/mol. The SMILES string of the molecule is CC[C@@H](N)C(=O)N1CCN(c2cccc(C)c2C)CC1. The molecule has 4 nitrogen and oxygen atoms in total. The topological polar surface area (TPSA) is 49.6 Å². The fraction of sp³-hybridized carbons (Fsp3) is 0.562. The zero-order valence-corrected chi connectivity index (χ0v) is 12.7. The molecule has 1 amide bonds. The monoisotopic (exact) mass is 275 g/mol. The molecule has 1 aromatic rings. The highest BCUT2D eigenvalue weighted by molar-refractivity contribution is 5.81. The maximum Gasteiger partial charge on any atom is 0.239 e. The Labute approximate surface area is 121 Å². The van der Waals surface area contributed by atoms with Gasteiger partial charge in [-0.05, 0) is 37.5 Å². The Hall–Kier alpha value is -1.55. The summed E-state index contributed by atoms with van der Waals surface area (Å²) in [6.07, 6.45) is 0.704. The quantitative estimate of drug-likeness (QED) is 0.913. The molecule has 1 heterocycles. The van der Waals surface area contributed by atoms with Crippen LogP contribution >= 0.6 is 0 Å². The van der Waals surface area contributed by atoms with Crippen molar-refractivity contribution >= 4 is 11.6 Å². The van der Waals surface area contributed by atoms with Crippen LogP contribution in [0.5, 0.6) is 0 Å². The minimum atomic E-state index is -0.345. The Morgan fingerprint density at radius 3 is 2.50 bits per heavy atom. The van der Waals surface area contributed by atoms with E-state index in [-0.39, 0.29) is 11.9 Å². The van der Waals surface area contributed by atoms with Crippen LogP contribution in [0.4, 0.5) is 5.69 Å². The summed E-state index contributed by atoms with van der Waals surface area (Å²) in [5.74, 6) is 0.0908. The Morgan fingerprint density at radius 2 is 1.90 bits per heavy atom. The van der Waals surface area contributed by atoms with Crippen molar-refractivity contribution in [3.8, 4) is 0 Å². The van der Waals surface area contributed by atoms with Crippen molar-refractivity contribution in [2.24, 2.45) is 5.73 Å². The summed E-state index contributed by atoms with van der Waals surface area (Å²) < 4.78 is 0. The summed E-state index contributed by atoms with van der Waals surface area (Å²) >= 11 is 0. The van der Waals surface area contributed by atoms with Gasteiger partial charge >= 0.3 is 0 Å². The van der Waals surface area contributed by atoms with E-state index in [0.717, 1.165) is 26.2 Å². The molecule has 0 unspecified atom stereocenters. The maximum atomic E-state index is 12.1. The molecule has 1 atom stereocenters. The van der Waals surface area contributed by atoms with Crippen molar-refractivity contribution in [2.45, 2.75) is 33.2 Å². The van der Waals surface area contributed by atoms with Crippen LogP contribution in [0.1, 0.15) is 24.5 Å². The molecule has 0 aliphatic carbocycles. The third kappa shape index (κ3) is 2.96. The summed E-state index contributed by atoms with van der Waals surface area (Å²) in [5, 5.41) is 0.